The molecule has 4 heterocycles. The Hall–Kier alpha value is -3.32. The van der Waals surface area contributed by atoms with E-state index in [0.717, 1.165) is 17.3 Å². The van der Waals surface area contributed by atoms with Gasteiger partial charge in [0.1, 0.15) is 6.54 Å². The standard InChI is InChI=1S/C20H20ClF3N8O2/c1-10-15(17-25-6-13(22)7-26-17)16(30-31(10)3)18(33)32-9-20(23,24)34-11(2)14(32)8-29-19-27-4-12(21)5-28-19/h4-7,11,14H,8-9H2,1-3H3,(H,27,28,29)/t11-,14+/m0/s1. The van der Waals surface area contributed by atoms with E-state index < -0.39 is 36.5 Å². The molecule has 14 heteroatoms. The van der Waals surface area contributed by atoms with Gasteiger partial charge < -0.3 is 15.0 Å². The Morgan fingerprint density at radius 2 is 1.88 bits per heavy atom. The summed E-state index contributed by atoms with van der Waals surface area (Å²) in [5.74, 6) is -1.18. The monoisotopic (exact) mass is 496 g/mol. The lowest BCUT2D eigenvalue weighted by Gasteiger charge is -2.42. The molecule has 34 heavy (non-hydrogen) atoms. The fourth-order valence-electron chi connectivity index (χ4n) is 3.66. The number of aryl methyl sites for hydroxylation is 1. The number of hydrogen-bond donors (Lipinski definition) is 1. The predicted molar refractivity (Wildman–Crippen MR) is 115 cm³/mol. The van der Waals surface area contributed by atoms with E-state index in [1.165, 1.54) is 24.0 Å². The van der Waals surface area contributed by atoms with Crippen LogP contribution in [0.2, 0.25) is 5.02 Å². The van der Waals surface area contributed by atoms with Crippen molar-refractivity contribution in [3.8, 4) is 11.4 Å². The third kappa shape index (κ3) is 4.80. The van der Waals surface area contributed by atoms with E-state index in [0.29, 0.717) is 10.7 Å². The Bertz CT molecular complexity index is 1190. The Labute approximate surface area is 197 Å². The normalized spacial score (nSPS) is 19.8. The molecule has 3 aromatic rings. The Morgan fingerprint density at radius 3 is 2.53 bits per heavy atom. The molecule has 0 bridgehead atoms. The molecule has 0 radical (unpaired) electrons. The van der Waals surface area contributed by atoms with Crippen molar-refractivity contribution < 1.29 is 22.7 Å². The topological polar surface area (TPSA) is 111 Å². The SMILES string of the molecule is Cc1c(-c2ncc(F)cn2)c(C(=O)N2CC(F)(F)O[C@@H](C)[C@H]2CNc2ncc(Cl)cn2)nn1C. The van der Waals surface area contributed by atoms with Gasteiger partial charge in [0.25, 0.3) is 5.91 Å². The molecule has 1 saturated heterocycles. The van der Waals surface area contributed by atoms with Gasteiger partial charge in [0, 0.05) is 19.3 Å². The number of amides is 1. The number of anilines is 1. The molecule has 10 nitrogen and oxygen atoms in total. The highest BCUT2D eigenvalue weighted by Gasteiger charge is 2.48. The largest absolute Gasteiger partial charge is 0.373 e. The van der Waals surface area contributed by atoms with Crippen molar-refractivity contribution in [1.82, 2.24) is 34.6 Å². The average Bonchev–Trinajstić information content (AvgIpc) is 3.08. The fourth-order valence-corrected chi connectivity index (χ4v) is 3.76. The van der Waals surface area contributed by atoms with E-state index in [9.17, 15) is 18.0 Å². The summed E-state index contributed by atoms with van der Waals surface area (Å²) in [5, 5.41) is 7.47. The van der Waals surface area contributed by atoms with Gasteiger partial charge in [-0.1, -0.05) is 11.6 Å². The third-order valence-corrected chi connectivity index (χ3v) is 5.58. The van der Waals surface area contributed by atoms with E-state index in [1.807, 2.05) is 0 Å². The lowest BCUT2D eigenvalue weighted by Crippen LogP contribution is -2.61. The molecule has 0 aromatic carbocycles. The van der Waals surface area contributed by atoms with E-state index in [-0.39, 0.29) is 29.6 Å². The molecule has 1 amide bonds. The summed E-state index contributed by atoms with van der Waals surface area (Å²) in [6.45, 7) is 2.12. The van der Waals surface area contributed by atoms with Gasteiger partial charge in [-0.15, -0.1) is 0 Å². The molecule has 2 atom stereocenters. The second-order valence-corrected chi connectivity index (χ2v) is 8.16. The van der Waals surface area contributed by atoms with Crippen LogP contribution in [0.5, 0.6) is 0 Å². The first-order valence-corrected chi connectivity index (χ1v) is 10.5. The summed E-state index contributed by atoms with van der Waals surface area (Å²) in [6, 6.07) is -0.823. The van der Waals surface area contributed by atoms with Crippen LogP contribution in [-0.2, 0) is 11.8 Å². The number of morpholine rings is 1. The minimum absolute atomic E-state index is 0.0127. The number of carbonyl (C=O) groups excluding carboxylic acids is 1. The number of hydrogen-bond acceptors (Lipinski definition) is 8. The highest BCUT2D eigenvalue weighted by atomic mass is 35.5. The summed E-state index contributed by atoms with van der Waals surface area (Å²) in [4.78, 5) is 30.5. The lowest BCUT2D eigenvalue weighted by atomic mass is 10.1. The summed E-state index contributed by atoms with van der Waals surface area (Å²) in [7, 11) is 1.59. The van der Waals surface area contributed by atoms with Gasteiger partial charge in [-0.3, -0.25) is 9.48 Å². The number of nitrogens with one attached hydrogen (secondary N) is 1. The van der Waals surface area contributed by atoms with Crippen LogP contribution in [0.25, 0.3) is 11.4 Å². The van der Waals surface area contributed by atoms with Crippen LogP contribution in [0.4, 0.5) is 19.1 Å². The molecule has 180 valence electrons. The second kappa shape index (κ2) is 9.14. The summed E-state index contributed by atoms with van der Waals surface area (Å²) >= 11 is 5.79. The van der Waals surface area contributed by atoms with Gasteiger partial charge in [-0.25, -0.2) is 24.3 Å². The molecule has 1 N–H and O–H groups in total. The minimum Gasteiger partial charge on any atom is -0.352 e. The van der Waals surface area contributed by atoms with Crippen LogP contribution < -0.4 is 5.32 Å². The fraction of sp³-hybridized carbons (Fsp3) is 0.400. The maximum atomic E-state index is 14.3. The third-order valence-electron chi connectivity index (χ3n) is 5.39. The van der Waals surface area contributed by atoms with Crippen LogP contribution >= 0.6 is 11.6 Å². The van der Waals surface area contributed by atoms with Crippen molar-refractivity contribution in [3.63, 3.8) is 0 Å². The lowest BCUT2D eigenvalue weighted by molar-refractivity contribution is -0.298. The Balaban J connectivity index is 1.68. The van der Waals surface area contributed by atoms with Crippen LogP contribution in [-0.4, -0.2) is 71.9 Å². The zero-order valence-corrected chi connectivity index (χ0v) is 19.1. The molecule has 1 aliphatic rings. The number of ether oxygens (including phenoxy) is 1. The molecule has 1 aliphatic heterocycles. The van der Waals surface area contributed by atoms with E-state index in [4.69, 9.17) is 16.3 Å². The molecule has 4 rings (SSSR count). The second-order valence-electron chi connectivity index (χ2n) is 7.72. The van der Waals surface area contributed by atoms with Gasteiger partial charge >= 0.3 is 6.11 Å². The average molecular weight is 497 g/mol. The molecule has 0 unspecified atom stereocenters. The van der Waals surface area contributed by atoms with Gasteiger partial charge in [-0.2, -0.15) is 13.9 Å². The first kappa shape index (κ1) is 23.8. The van der Waals surface area contributed by atoms with E-state index >= 15 is 0 Å². The number of nitrogens with zero attached hydrogens (tertiary/aromatic N) is 7. The Kier molecular flexibility index (Phi) is 6.41. The predicted octanol–water partition coefficient (Wildman–Crippen LogP) is 2.70. The number of aromatic nitrogens is 6. The Morgan fingerprint density at radius 1 is 1.24 bits per heavy atom. The van der Waals surface area contributed by atoms with E-state index in [1.54, 1.807) is 14.0 Å². The van der Waals surface area contributed by atoms with Crippen molar-refractivity contribution in [2.24, 2.45) is 7.05 Å². The number of carbonyl (C=O) groups is 1. The first-order valence-electron chi connectivity index (χ1n) is 10.2. The van der Waals surface area contributed by atoms with Crippen LogP contribution in [0.1, 0.15) is 23.1 Å². The number of halogens is 4. The molecule has 0 aliphatic carbocycles. The van der Waals surface area contributed by atoms with Crippen molar-refractivity contribution in [1.29, 1.82) is 0 Å². The number of alkyl halides is 2. The molecule has 0 saturated carbocycles. The summed E-state index contributed by atoms with van der Waals surface area (Å²) in [5.41, 5.74) is 0.597. The van der Waals surface area contributed by atoms with Crippen LogP contribution in [0, 0.1) is 12.7 Å². The molecular weight excluding hydrogens is 477 g/mol. The van der Waals surface area contributed by atoms with Gasteiger partial charge in [0.05, 0.1) is 47.5 Å². The highest BCUT2D eigenvalue weighted by Crippen LogP contribution is 2.32. The zero-order chi connectivity index (χ0) is 24.6. The first-order chi connectivity index (χ1) is 16.1. The van der Waals surface area contributed by atoms with Crippen molar-refractivity contribution >= 4 is 23.5 Å². The van der Waals surface area contributed by atoms with E-state index in [2.05, 4.69) is 30.4 Å². The van der Waals surface area contributed by atoms with Crippen molar-refractivity contribution in [2.45, 2.75) is 32.1 Å². The van der Waals surface area contributed by atoms with Crippen molar-refractivity contribution in [3.05, 3.63) is 47.0 Å². The minimum atomic E-state index is -3.57. The van der Waals surface area contributed by atoms with Gasteiger partial charge in [-0.05, 0) is 13.8 Å². The highest BCUT2D eigenvalue weighted by molar-refractivity contribution is 6.30. The maximum Gasteiger partial charge on any atom is 0.373 e. The van der Waals surface area contributed by atoms with Crippen molar-refractivity contribution in [2.75, 3.05) is 18.4 Å². The molecular formula is C20H20ClF3N8O2. The quantitative estimate of drug-likeness (QED) is 0.574. The maximum absolute atomic E-state index is 14.3. The van der Waals surface area contributed by atoms with Crippen LogP contribution in [0.3, 0.4) is 0 Å². The summed E-state index contributed by atoms with van der Waals surface area (Å²) in [6.07, 6.45) is 0.0435. The molecule has 3 aromatic heterocycles. The molecule has 1 fully saturated rings. The molecule has 0 spiro atoms. The van der Waals surface area contributed by atoms with Gasteiger partial charge in [0.15, 0.2) is 17.3 Å². The smallest absolute Gasteiger partial charge is 0.352 e. The summed E-state index contributed by atoms with van der Waals surface area (Å²) < 4.78 is 48.3. The number of rotatable bonds is 5. The van der Waals surface area contributed by atoms with Gasteiger partial charge in [0.2, 0.25) is 5.95 Å². The van der Waals surface area contributed by atoms with Crippen LogP contribution in [0.15, 0.2) is 24.8 Å². The zero-order valence-electron chi connectivity index (χ0n) is 18.3.